The van der Waals surface area contributed by atoms with Gasteiger partial charge in [-0.1, -0.05) is 48.5 Å². The van der Waals surface area contributed by atoms with Gasteiger partial charge in [-0.25, -0.2) is 9.67 Å². The summed E-state index contributed by atoms with van der Waals surface area (Å²) < 4.78 is 3.28. The molecule has 146 valence electrons. The van der Waals surface area contributed by atoms with E-state index in [4.69, 9.17) is 0 Å². The largest absolute Gasteiger partial charge is 0.315 e. The molecule has 2 heterocycles. The van der Waals surface area contributed by atoms with Crippen LogP contribution in [0.5, 0.6) is 0 Å². The number of benzene rings is 2. The fourth-order valence-corrected chi connectivity index (χ4v) is 4.16. The zero-order chi connectivity index (χ0) is 20.5. The molecule has 0 radical (unpaired) electrons. The number of aromatic nitrogens is 3. The predicted molar refractivity (Wildman–Crippen MR) is 116 cm³/mol. The van der Waals surface area contributed by atoms with Crippen molar-refractivity contribution in [2.24, 2.45) is 7.05 Å². The Hall–Kier alpha value is -3.45. The number of hydrogen-bond donors (Lipinski definition) is 1. The normalized spacial score (nSPS) is 10.9. The first-order valence-corrected chi connectivity index (χ1v) is 9.97. The van der Waals surface area contributed by atoms with Crippen molar-refractivity contribution >= 4 is 22.9 Å². The summed E-state index contributed by atoms with van der Waals surface area (Å²) in [4.78, 5) is 31.0. The Morgan fingerprint density at radius 3 is 2.28 bits per heavy atom. The molecule has 2 aromatic carbocycles. The van der Waals surface area contributed by atoms with Crippen LogP contribution in [-0.2, 0) is 7.05 Å². The van der Waals surface area contributed by atoms with E-state index in [0.717, 1.165) is 16.3 Å². The van der Waals surface area contributed by atoms with Crippen LogP contribution in [0, 0.1) is 13.8 Å². The summed E-state index contributed by atoms with van der Waals surface area (Å²) in [6.45, 7) is 3.61. The molecule has 0 unspecified atom stereocenters. The lowest BCUT2D eigenvalue weighted by atomic mass is 10.2. The molecule has 0 aliphatic carbocycles. The Morgan fingerprint density at radius 2 is 1.62 bits per heavy atom. The number of anilines is 1. The highest BCUT2D eigenvalue weighted by atomic mass is 32.1. The Bertz CT molecular complexity index is 1240. The highest BCUT2D eigenvalue weighted by molar-refractivity contribution is 7.17. The first-order chi connectivity index (χ1) is 14.0. The van der Waals surface area contributed by atoms with E-state index in [9.17, 15) is 9.59 Å². The highest BCUT2D eigenvalue weighted by Crippen LogP contribution is 2.28. The quantitative estimate of drug-likeness (QED) is 0.555. The molecule has 4 aromatic rings. The average Bonchev–Trinajstić information content (AvgIpc) is 3.23. The van der Waals surface area contributed by atoms with Gasteiger partial charge in [0.05, 0.1) is 17.1 Å². The summed E-state index contributed by atoms with van der Waals surface area (Å²) >= 11 is 1.32. The van der Waals surface area contributed by atoms with E-state index >= 15 is 0 Å². The van der Waals surface area contributed by atoms with E-state index in [-0.39, 0.29) is 17.2 Å². The Labute approximate surface area is 172 Å². The number of carbonyl (C=O) groups is 1. The lowest BCUT2D eigenvalue weighted by Crippen LogP contribution is -2.22. The van der Waals surface area contributed by atoms with Crippen molar-refractivity contribution in [3.05, 3.63) is 87.3 Å². The SMILES string of the molecule is Cc1nc(-c2ccccc2)sc1C(=O)Nc1c(C)n(C)n(-c2ccccc2)c1=O. The van der Waals surface area contributed by atoms with Gasteiger partial charge in [0.25, 0.3) is 11.5 Å². The van der Waals surface area contributed by atoms with Crippen LogP contribution in [0.25, 0.3) is 16.3 Å². The van der Waals surface area contributed by atoms with Gasteiger partial charge >= 0.3 is 0 Å². The van der Waals surface area contributed by atoms with E-state index in [1.54, 1.807) is 23.3 Å². The molecule has 1 N–H and O–H groups in total. The number of nitrogens with zero attached hydrogens (tertiary/aromatic N) is 3. The minimum absolute atomic E-state index is 0.269. The molecule has 6 nitrogen and oxygen atoms in total. The third-order valence-electron chi connectivity index (χ3n) is 4.82. The van der Waals surface area contributed by atoms with E-state index in [1.807, 2.05) is 67.6 Å². The third-order valence-corrected chi connectivity index (χ3v) is 6.02. The van der Waals surface area contributed by atoms with Gasteiger partial charge in [0, 0.05) is 12.6 Å². The molecule has 0 atom stereocenters. The number of hydrogen-bond acceptors (Lipinski definition) is 4. The van der Waals surface area contributed by atoms with E-state index in [2.05, 4.69) is 10.3 Å². The van der Waals surface area contributed by atoms with Crippen LogP contribution in [0.4, 0.5) is 5.69 Å². The molecule has 0 fully saturated rings. The second kappa shape index (κ2) is 7.52. The standard InChI is InChI=1S/C22H20N4O2S/c1-14-19(29-21(23-14)16-10-6-4-7-11-16)20(27)24-18-15(2)25(3)26(22(18)28)17-12-8-5-9-13-17/h4-13H,1-3H3,(H,24,27). The van der Waals surface area contributed by atoms with Crippen molar-refractivity contribution in [1.82, 2.24) is 14.3 Å². The Balaban J connectivity index is 1.68. The van der Waals surface area contributed by atoms with Gasteiger partial charge in [0.2, 0.25) is 0 Å². The molecule has 0 aliphatic rings. The lowest BCUT2D eigenvalue weighted by Gasteiger charge is -2.07. The van der Waals surface area contributed by atoms with Crippen molar-refractivity contribution in [1.29, 1.82) is 0 Å². The van der Waals surface area contributed by atoms with Gasteiger partial charge in [0.1, 0.15) is 15.6 Å². The van der Waals surface area contributed by atoms with Gasteiger partial charge in [0.15, 0.2) is 0 Å². The minimum Gasteiger partial charge on any atom is -0.315 e. The van der Waals surface area contributed by atoms with Crippen LogP contribution in [0.1, 0.15) is 21.1 Å². The van der Waals surface area contributed by atoms with Crippen LogP contribution in [0.2, 0.25) is 0 Å². The summed E-state index contributed by atoms with van der Waals surface area (Å²) in [6, 6.07) is 19.1. The maximum absolute atomic E-state index is 13.0. The van der Waals surface area contributed by atoms with Crippen molar-refractivity contribution in [2.75, 3.05) is 5.32 Å². The number of para-hydroxylation sites is 1. The van der Waals surface area contributed by atoms with Crippen LogP contribution < -0.4 is 10.9 Å². The Kier molecular flexibility index (Phi) is 4.90. The fourth-order valence-electron chi connectivity index (χ4n) is 3.19. The monoisotopic (exact) mass is 404 g/mol. The molecule has 0 spiro atoms. The molecule has 1 amide bonds. The molecule has 0 aliphatic heterocycles. The van der Waals surface area contributed by atoms with Crippen LogP contribution >= 0.6 is 11.3 Å². The molecular formula is C22H20N4O2S. The van der Waals surface area contributed by atoms with Gasteiger partial charge in [-0.05, 0) is 26.0 Å². The average molecular weight is 404 g/mol. The number of nitrogens with one attached hydrogen (secondary N) is 1. The maximum Gasteiger partial charge on any atom is 0.295 e. The van der Waals surface area contributed by atoms with Crippen molar-refractivity contribution in [3.63, 3.8) is 0 Å². The van der Waals surface area contributed by atoms with Gasteiger partial charge < -0.3 is 5.32 Å². The molecule has 0 saturated carbocycles. The summed E-state index contributed by atoms with van der Waals surface area (Å²) in [5.41, 5.74) is 3.03. The van der Waals surface area contributed by atoms with Crippen LogP contribution in [-0.4, -0.2) is 20.3 Å². The van der Waals surface area contributed by atoms with Gasteiger partial charge in [-0.2, -0.15) is 0 Å². The lowest BCUT2D eigenvalue weighted by molar-refractivity contribution is 0.102. The number of amides is 1. The summed E-state index contributed by atoms with van der Waals surface area (Å²) in [7, 11) is 1.80. The van der Waals surface area contributed by atoms with Gasteiger partial charge in [-0.15, -0.1) is 11.3 Å². The topological polar surface area (TPSA) is 68.9 Å². The summed E-state index contributed by atoms with van der Waals surface area (Å²) in [5, 5.41) is 3.59. The number of thiazole rings is 1. The Morgan fingerprint density at radius 1 is 1.00 bits per heavy atom. The van der Waals surface area contributed by atoms with Crippen molar-refractivity contribution in [3.8, 4) is 16.3 Å². The van der Waals surface area contributed by atoms with Crippen molar-refractivity contribution < 1.29 is 4.79 Å². The van der Waals surface area contributed by atoms with Crippen molar-refractivity contribution in [2.45, 2.75) is 13.8 Å². The zero-order valence-electron chi connectivity index (χ0n) is 16.3. The molecular weight excluding hydrogens is 384 g/mol. The first-order valence-electron chi connectivity index (χ1n) is 9.15. The van der Waals surface area contributed by atoms with E-state index in [1.165, 1.54) is 11.3 Å². The molecule has 0 bridgehead atoms. The van der Waals surface area contributed by atoms with Gasteiger partial charge in [-0.3, -0.25) is 14.3 Å². The number of carbonyl (C=O) groups excluding carboxylic acids is 1. The second-order valence-corrected chi connectivity index (χ2v) is 7.69. The van der Waals surface area contributed by atoms with Crippen LogP contribution in [0.3, 0.4) is 0 Å². The molecule has 4 rings (SSSR count). The smallest absolute Gasteiger partial charge is 0.295 e. The minimum atomic E-state index is -0.326. The highest BCUT2D eigenvalue weighted by Gasteiger charge is 2.22. The third kappa shape index (κ3) is 3.40. The number of aryl methyl sites for hydroxylation is 1. The second-order valence-electron chi connectivity index (χ2n) is 6.69. The molecule has 0 saturated heterocycles. The zero-order valence-corrected chi connectivity index (χ0v) is 17.2. The first kappa shape index (κ1) is 18.9. The van der Waals surface area contributed by atoms with E-state index < -0.39 is 0 Å². The molecule has 2 aromatic heterocycles. The maximum atomic E-state index is 13.0. The fraction of sp³-hybridized carbons (Fsp3) is 0.136. The predicted octanol–water partition coefficient (Wildman–Crippen LogP) is 4.17. The van der Waals surface area contributed by atoms with E-state index in [0.29, 0.717) is 16.3 Å². The van der Waals surface area contributed by atoms with Crippen LogP contribution in [0.15, 0.2) is 65.5 Å². The molecule has 29 heavy (non-hydrogen) atoms. The number of rotatable bonds is 4. The molecule has 7 heteroatoms. The summed E-state index contributed by atoms with van der Waals surface area (Å²) in [5.74, 6) is -0.326. The summed E-state index contributed by atoms with van der Waals surface area (Å²) in [6.07, 6.45) is 0.